The van der Waals surface area contributed by atoms with Gasteiger partial charge in [-0.25, -0.2) is 4.98 Å². The molecule has 0 N–H and O–H groups in total. The van der Waals surface area contributed by atoms with Crippen LogP contribution in [0.15, 0.2) is 17.2 Å². The zero-order valence-electron chi connectivity index (χ0n) is 16.0. The number of hydrogen-bond acceptors (Lipinski definition) is 4. The largest absolute Gasteiger partial charge is 0.381 e. The zero-order valence-corrected chi connectivity index (χ0v) is 16.0. The van der Waals surface area contributed by atoms with Crippen LogP contribution >= 0.6 is 0 Å². The topological polar surface area (TPSA) is 47.4 Å². The summed E-state index contributed by atoms with van der Waals surface area (Å²) in [5.74, 6) is 1.29. The Morgan fingerprint density at radius 3 is 2.52 bits per heavy atom. The third kappa shape index (κ3) is 5.14. The van der Waals surface area contributed by atoms with Crippen molar-refractivity contribution in [1.29, 1.82) is 0 Å². The Balaban J connectivity index is 1.49. The van der Waals surface area contributed by atoms with Crippen molar-refractivity contribution in [2.24, 2.45) is 11.8 Å². The fraction of sp³-hybridized carbons (Fsp3) is 0.800. The Hall–Kier alpha value is -1.20. The minimum atomic E-state index is -0.0770. The van der Waals surface area contributed by atoms with Gasteiger partial charge in [0, 0.05) is 31.2 Å². The first-order valence-electron chi connectivity index (χ1n) is 9.79. The standard InChI is InChI=1S/C20H33N3O2/c1-20(2,3)18-11-19(24)23(15-21-18)13-16-6-8-22(9-7-16)12-17-5-4-10-25-14-17/h11,15-17H,4-10,12-14H2,1-3H3. The van der Waals surface area contributed by atoms with Crippen LogP contribution in [0.3, 0.4) is 0 Å². The van der Waals surface area contributed by atoms with Crippen molar-refractivity contribution in [3.8, 4) is 0 Å². The van der Waals surface area contributed by atoms with Crippen molar-refractivity contribution in [2.45, 2.75) is 58.4 Å². The number of piperidine rings is 1. The van der Waals surface area contributed by atoms with Gasteiger partial charge in [0.15, 0.2) is 0 Å². The summed E-state index contributed by atoms with van der Waals surface area (Å²) in [6.45, 7) is 12.4. The highest BCUT2D eigenvalue weighted by Gasteiger charge is 2.24. The molecule has 2 aliphatic heterocycles. The highest BCUT2D eigenvalue weighted by atomic mass is 16.5. The van der Waals surface area contributed by atoms with E-state index in [0.717, 1.165) is 38.5 Å². The first-order valence-corrected chi connectivity index (χ1v) is 9.79. The molecular formula is C20H33N3O2. The Kier molecular flexibility index (Phi) is 5.95. The smallest absolute Gasteiger partial charge is 0.253 e. The van der Waals surface area contributed by atoms with Crippen LogP contribution in [0.25, 0.3) is 0 Å². The van der Waals surface area contributed by atoms with E-state index in [1.807, 2.05) is 0 Å². The third-order valence-electron chi connectivity index (χ3n) is 5.58. The van der Waals surface area contributed by atoms with Crippen LogP contribution in [0, 0.1) is 11.8 Å². The fourth-order valence-corrected chi connectivity index (χ4v) is 3.92. The Bertz CT molecular complexity index is 606. The molecule has 140 valence electrons. The van der Waals surface area contributed by atoms with Crippen molar-refractivity contribution in [1.82, 2.24) is 14.5 Å². The molecule has 0 aliphatic carbocycles. The Morgan fingerprint density at radius 2 is 1.92 bits per heavy atom. The molecule has 0 saturated carbocycles. The van der Waals surface area contributed by atoms with E-state index in [0.29, 0.717) is 11.8 Å². The number of ether oxygens (including phenoxy) is 1. The molecule has 1 unspecified atom stereocenters. The van der Waals surface area contributed by atoms with E-state index in [4.69, 9.17) is 4.74 Å². The van der Waals surface area contributed by atoms with Crippen LogP contribution in [0.2, 0.25) is 0 Å². The summed E-state index contributed by atoms with van der Waals surface area (Å²) >= 11 is 0. The maximum atomic E-state index is 12.4. The number of nitrogens with zero attached hydrogens (tertiary/aromatic N) is 3. The summed E-state index contributed by atoms with van der Waals surface area (Å²) in [6.07, 6.45) is 6.60. The van der Waals surface area contributed by atoms with Gasteiger partial charge in [-0.05, 0) is 50.6 Å². The van der Waals surface area contributed by atoms with E-state index in [-0.39, 0.29) is 11.0 Å². The number of aromatic nitrogens is 2. The minimum absolute atomic E-state index is 0.0770. The predicted molar refractivity (Wildman–Crippen MR) is 99.9 cm³/mol. The lowest BCUT2D eigenvalue weighted by Crippen LogP contribution is -2.40. The molecule has 5 heteroatoms. The molecule has 25 heavy (non-hydrogen) atoms. The second kappa shape index (κ2) is 8.00. The van der Waals surface area contributed by atoms with Crippen LogP contribution in [0.1, 0.15) is 52.1 Å². The van der Waals surface area contributed by atoms with E-state index >= 15 is 0 Å². The van der Waals surface area contributed by atoms with Gasteiger partial charge in [0.05, 0.1) is 18.6 Å². The molecule has 0 aromatic carbocycles. The van der Waals surface area contributed by atoms with Crippen molar-refractivity contribution >= 4 is 0 Å². The minimum Gasteiger partial charge on any atom is -0.381 e. The number of rotatable bonds is 4. The molecule has 1 aromatic rings. The molecule has 3 rings (SSSR count). The van der Waals surface area contributed by atoms with Crippen molar-refractivity contribution in [3.05, 3.63) is 28.4 Å². The third-order valence-corrected chi connectivity index (χ3v) is 5.58. The fourth-order valence-electron chi connectivity index (χ4n) is 3.92. The van der Waals surface area contributed by atoms with Crippen LogP contribution in [0.5, 0.6) is 0 Å². The summed E-state index contributed by atoms with van der Waals surface area (Å²) < 4.78 is 7.39. The van der Waals surface area contributed by atoms with Crippen LogP contribution in [-0.4, -0.2) is 47.3 Å². The van der Waals surface area contributed by atoms with E-state index in [2.05, 4.69) is 30.7 Å². The van der Waals surface area contributed by atoms with Gasteiger partial charge in [-0.3, -0.25) is 9.36 Å². The first kappa shape index (κ1) is 18.6. The SMILES string of the molecule is CC(C)(C)c1cc(=O)n(CC2CCN(CC3CCCOC3)CC2)cn1. The second-order valence-corrected chi connectivity index (χ2v) is 8.84. The summed E-state index contributed by atoms with van der Waals surface area (Å²) in [5.41, 5.74) is 0.881. The van der Waals surface area contributed by atoms with E-state index < -0.39 is 0 Å². The predicted octanol–water partition coefficient (Wildman–Crippen LogP) is 2.68. The monoisotopic (exact) mass is 347 g/mol. The van der Waals surface area contributed by atoms with Crippen LogP contribution in [0.4, 0.5) is 0 Å². The Labute approximate surface area is 151 Å². The van der Waals surface area contributed by atoms with Gasteiger partial charge in [-0.15, -0.1) is 0 Å². The van der Waals surface area contributed by atoms with Gasteiger partial charge in [-0.2, -0.15) is 0 Å². The van der Waals surface area contributed by atoms with Crippen molar-refractivity contribution < 1.29 is 4.74 Å². The molecule has 1 aromatic heterocycles. The average molecular weight is 348 g/mol. The summed E-state index contributed by atoms with van der Waals surface area (Å²) in [6, 6.07) is 1.71. The number of likely N-dealkylation sites (tertiary alicyclic amines) is 1. The lowest BCUT2D eigenvalue weighted by molar-refractivity contribution is 0.0320. The number of hydrogen-bond donors (Lipinski definition) is 0. The highest BCUT2D eigenvalue weighted by Crippen LogP contribution is 2.22. The van der Waals surface area contributed by atoms with E-state index in [1.165, 1.54) is 32.2 Å². The molecule has 0 bridgehead atoms. The molecule has 5 nitrogen and oxygen atoms in total. The molecule has 0 spiro atoms. The summed E-state index contributed by atoms with van der Waals surface area (Å²) in [7, 11) is 0. The van der Waals surface area contributed by atoms with Gasteiger partial charge in [0.2, 0.25) is 0 Å². The molecule has 3 heterocycles. The zero-order chi connectivity index (χ0) is 17.9. The molecule has 0 amide bonds. The van der Waals surface area contributed by atoms with Crippen LogP contribution < -0.4 is 5.56 Å². The quantitative estimate of drug-likeness (QED) is 0.840. The van der Waals surface area contributed by atoms with Gasteiger partial charge < -0.3 is 9.64 Å². The van der Waals surface area contributed by atoms with Crippen molar-refractivity contribution in [2.75, 3.05) is 32.8 Å². The van der Waals surface area contributed by atoms with E-state index in [9.17, 15) is 4.79 Å². The Morgan fingerprint density at radius 1 is 1.16 bits per heavy atom. The molecule has 2 aliphatic rings. The lowest BCUT2D eigenvalue weighted by atomic mass is 9.92. The molecule has 0 radical (unpaired) electrons. The molecule has 2 saturated heterocycles. The maximum Gasteiger partial charge on any atom is 0.253 e. The average Bonchev–Trinajstić information content (AvgIpc) is 2.58. The van der Waals surface area contributed by atoms with Crippen molar-refractivity contribution in [3.63, 3.8) is 0 Å². The van der Waals surface area contributed by atoms with Gasteiger partial charge in [-0.1, -0.05) is 20.8 Å². The van der Waals surface area contributed by atoms with E-state index in [1.54, 1.807) is 17.0 Å². The van der Waals surface area contributed by atoms with Gasteiger partial charge in [0.25, 0.3) is 5.56 Å². The second-order valence-electron chi connectivity index (χ2n) is 8.84. The maximum absolute atomic E-state index is 12.4. The normalized spacial score (nSPS) is 23.7. The van der Waals surface area contributed by atoms with Crippen LogP contribution in [-0.2, 0) is 16.7 Å². The molecular weight excluding hydrogens is 314 g/mol. The van der Waals surface area contributed by atoms with Gasteiger partial charge >= 0.3 is 0 Å². The molecule has 1 atom stereocenters. The highest BCUT2D eigenvalue weighted by molar-refractivity contribution is 5.10. The summed E-state index contributed by atoms with van der Waals surface area (Å²) in [5, 5.41) is 0. The van der Waals surface area contributed by atoms with Gasteiger partial charge in [0.1, 0.15) is 0 Å². The first-order chi connectivity index (χ1) is 11.9. The molecule has 2 fully saturated rings. The summed E-state index contributed by atoms with van der Waals surface area (Å²) in [4.78, 5) is 19.5. The lowest BCUT2D eigenvalue weighted by Gasteiger charge is -2.35.